The van der Waals surface area contributed by atoms with Gasteiger partial charge in [0.2, 0.25) is 0 Å². The highest BCUT2D eigenvalue weighted by Crippen LogP contribution is 2.08. The summed E-state index contributed by atoms with van der Waals surface area (Å²) in [5, 5.41) is 9.67. The maximum absolute atomic E-state index is 11.9. The Balaban J connectivity index is 2.44. The molecule has 0 aliphatic carbocycles. The van der Waals surface area contributed by atoms with Gasteiger partial charge in [-0.2, -0.15) is 0 Å². The zero-order chi connectivity index (χ0) is 13.8. The Hall–Kier alpha value is -1.19. The number of carbonyl (C=O) groups excluding carboxylic acids is 1. The van der Waals surface area contributed by atoms with Crippen molar-refractivity contribution >= 4 is 5.78 Å². The lowest BCUT2D eigenvalue weighted by Gasteiger charge is -2.25. The van der Waals surface area contributed by atoms with Gasteiger partial charge in [-0.1, -0.05) is 29.8 Å². The van der Waals surface area contributed by atoms with E-state index in [1.165, 1.54) is 0 Å². The summed E-state index contributed by atoms with van der Waals surface area (Å²) < 4.78 is 0. The predicted molar refractivity (Wildman–Crippen MR) is 73.9 cm³/mol. The number of nitrogens with zero attached hydrogens (tertiary/aromatic N) is 1. The fourth-order valence-corrected chi connectivity index (χ4v) is 1.92. The minimum absolute atomic E-state index is 0.151. The molecule has 1 rings (SSSR count). The predicted octanol–water partition coefficient (Wildman–Crippen LogP) is 2.27. The monoisotopic (exact) mass is 249 g/mol. The third kappa shape index (κ3) is 5.43. The summed E-state index contributed by atoms with van der Waals surface area (Å²) >= 11 is 0. The van der Waals surface area contributed by atoms with Gasteiger partial charge in [-0.05, 0) is 27.8 Å². The third-order valence-corrected chi connectivity index (χ3v) is 2.75. The molecule has 0 aliphatic heterocycles. The maximum atomic E-state index is 11.9. The molecular formula is C15H23NO2. The molecule has 3 heteroatoms. The Labute approximate surface area is 109 Å². The Morgan fingerprint density at radius 1 is 1.28 bits per heavy atom. The van der Waals surface area contributed by atoms with Crippen LogP contribution >= 0.6 is 0 Å². The van der Waals surface area contributed by atoms with Crippen molar-refractivity contribution in [2.45, 2.75) is 32.8 Å². The van der Waals surface area contributed by atoms with Gasteiger partial charge in [0.05, 0.1) is 5.60 Å². The molecule has 0 aliphatic rings. The van der Waals surface area contributed by atoms with Crippen molar-refractivity contribution < 1.29 is 9.90 Å². The molecule has 1 N–H and O–H groups in total. The molecule has 0 aromatic heterocycles. The van der Waals surface area contributed by atoms with Gasteiger partial charge in [0.15, 0.2) is 5.78 Å². The first-order valence-electron chi connectivity index (χ1n) is 6.29. The van der Waals surface area contributed by atoms with Crippen LogP contribution in [-0.4, -0.2) is 41.5 Å². The molecule has 0 bridgehead atoms. The van der Waals surface area contributed by atoms with Crippen molar-refractivity contribution in [2.24, 2.45) is 0 Å². The molecule has 0 amide bonds. The highest BCUT2D eigenvalue weighted by molar-refractivity contribution is 5.96. The van der Waals surface area contributed by atoms with Gasteiger partial charge in [0, 0.05) is 25.1 Å². The second kappa shape index (κ2) is 6.12. The summed E-state index contributed by atoms with van der Waals surface area (Å²) in [6.45, 7) is 6.77. The molecule has 0 fully saturated rings. The second-order valence-corrected chi connectivity index (χ2v) is 5.59. The van der Waals surface area contributed by atoms with E-state index in [4.69, 9.17) is 0 Å². The van der Waals surface area contributed by atoms with Crippen LogP contribution in [0.2, 0.25) is 0 Å². The zero-order valence-corrected chi connectivity index (χ0v) is 11.7. The third-order valence-electron chi connectivity index (χ3n) is 2.75. The van der Waals surface area contributed by atoms with Gasteiger partial charge in [-0.25, -0.2) is 0 Å². The number of rotatable bonds is 6. The highest BCUT2D eigenvalue weighted by atomic mass is 16.3. The molecule has 0 saturated carbocycles. The molecule has 0 spiro atoms. The van der Waals surface area contributed by atoms with Crippen molar-refractivity contribution in [1.29, 1.82) is 0 Å². The highest BCUT2D eigenvalue weighted by Gasteiger charge is 2.16. The van der Waals surface area contributed by atoms with Crippen molar-refractivity contribution in [1.82, 2.24) is 4.90 Å². The summed E-state index contributed by atoms with van der Waals surface area (Å²) in [4.78, 5) is 13.9. The summed E-state index contributed by atoms with van der Waals surface area (Å²) in [5.41, 5.74) is 1.20. The SMILES string of the molecule is Cc1ccc(C(=O)CCN(C)CC(C)(C)O)cc1. The number of Topliss-reactive ketones (excluding diaryl/α,β-unsaturated/α-hetero) is 1. The molecule has 0 unspecified atom stereocenters. The number of ketones is 1. The van der Waals surface area contributed by atoms with E-state index in [1.807, 2.05) is 43.1 Å². The van der Waals surface area contributed by atoms with Gasteiger partial charge < -0.3 is 10.0 Å². The van der Waals surface area contributed by atoms with E-state index in [9.17, 15) is 9.90 Å². The molecule has 1 aromatic carbocycles. The van der Waals surface area contributed by atoms with E-state index in [0.29, 0.717) is 19.5 Å². The molecule has 0 radical (unpaired) electrons. The smallest absolute Gasteiger partial charge is 0.164 e. The van der Waals surface area contributed by atoms with Gasteiger partial charge >= 0.3 is 0 Å². The van der Waals surface area contributed by atoms with Crippen LogP contribution < -0.4 is 0 Å². The Kier molecular flexibility index (Phi) is 5.05. The molecule has 0 heterocycles. The maximum Gasteiger partial charge on any atom is 0.164 e. The first-order valence-corrected chi connectivity index (χ1v) is 6.29. The number of aryl methyl sites for hydroxylation is 1. The number of carbonyl (C=O) groups is 1. The quantitative estimate of drug-likeness (QED) is 0.786. The van der Waals surface area contributed by atoms with Gasteiger partial charge in [-0.15, -0.1) is 0 Å². The zero-order valence-electron chi connectivity index (χ0n) is 11.7. The van der Waals surface area contributed by atoms with Gasteiger partial charge in [0.25, 0.3) is 0 Å². The molecule has 0 atom stereocenters. The summed E-state index contributed by atoms with van der Waals surface area (Å²) in [5.74, 6) is 0.151. The van der Waals surface area contributed by atoms with E-state index in [2.05, 4.69) is 0 Å². The molecule has 100 valence electrons. The normalized spacial score (nSPS) is 11.9. The fraction of sp³-hybridized carbons (Fsp3) is 0.533. The number of aliphatic hydroxyl groups is 1. The first-order chi connectivity index (χ1) is 8.28. The van der Waals surface area contributed by atoms with Crippen molar-refractivity contribution in [3.8, 4) is 0 Å². The summed E-state index contributed by atoms with van der Waals surface area (Å²) in [6, 6.07) is 7.64. The average molecular weight is 249 g/mol. The minimum atomic E-state index is -0.721. The standard InChI is InChI=1S/C15H23NO2/c1-12-5-7-13(8-6-12)14(17)9-10-16(4)11-15(2,3)18/h5-8,18H,9-11H2,1-4H3. The van der Waals surface area contributed by atoms with Crippen LogP contribution in [0.1, 0.15) is 36.2 Å². The number of hydrogen-bond acceptors (Lipinski definition) is 3. The first kappa shape index (κ1) is 14.9. The van der Waals surface area contributed by atoms with Crippen LogP contribution in [-0.2, 0) is 0 Å². The molecule has 0 saturated heterocycles. The lowest BCUT2D eigenvalue weighted by Crippen LogP contribution is -2.37. The lowest BCUT2D eigenvalue weighted by atomic mass is 10.1. The van der Waals surface area contributed by atoms with Gasteiger partial charge in [0.1, 0.15) is 0 Å². The average Bonchev–Trinajstić information content (AvgIpc) is 2.24. The molecular weight excluding hydrogens is 226 g/mol. The van der Waals surface area contributed by atoms with E-state index >= 15 is 0 Å². The van der Waals surface area contributed by atoms with Crippen LogP contribution in [0.15, 0.2) is 24.3 Å². The van der Waals surface area contributed by atoms with E-state index < -0.39 is 5.60 Å². The summed E-state index contributed by atoms with van der Waals surface area (Å²) in [6.07, 6.45) is 0.482. The van der Waals surface area contributed by atoms with Crippen LogP contribution in [0.4, 0.5) is 0 Å². The molecule has 1 aromatic rings. The number of likely N-dealkylation sites (N-methyl/N-ethyl adjacent to an activating group) is 1. The van der Waals surface area contributed by atoms with Crippen molar-refractivity contribution in [3.63, 3.8) is 0 Å². The van der Waals surface area contributed by atoms with Crippen LogP contribution in [0.3, 0.4) is 0 Å². The number of hydrogen-bond donors (Lipinski definition) is 1. The van der Waals surface area contributed by atoms with Crippen LogP contribution in [0.5, 0.6) is 0 Å². The van der Waals surface area contributed by atoms with Crippen molar-refractivity contribution in [3.05, 3.63) is 35.4 Å². The van der Waals surface area contributed by atoms with Crippen LogP contribution in [0, 0.1) is 6.92 Å². The van der Waals surface area contributed by atoms with E-state index in [-0.39, 0.29) is 5.78 Å². The van der Waals surface area contributed by atoms with E-state index in [1.54, 1.807) is 13.8 Å². The lowest BCUT2D eigenvalue weighted by molar-refractivity contribution is 0.0437. The summed E-state index contributed by atoms with van der Waals surface area (Å²) in [7, 11) is 1.92. The fourth-order valence-electron chi connectivity index (χ4n) is 1.92. The van der Waals surface area contributed by atoms with E-state index in [0.717, 1.165) is 11.1 Å². The second-order valence-electron chi connectivity index (χ2n) is 5.59. The Morgan fingerprint density at radius 3 is 2.33 bits per heavy atom. The topological polar surface area (TPSA) is 40.5 Å². The van der Waals surface area contributed by atoms with Gasteiger partial charge in [-0.3, -0.25) is 4.79 Å². The minimum Gasteiger partial charge on any atom is -0.389 e. The van der Waals surface area contributed by atoms with Crippen LogP contribution in [0.25, 0.3) is 0 Å². The number of benzene rings is 1. The molecule has 18 heavy (non-hydrogen) atoms. The van der Waals surface area contributed by atoms with Crippen molar-refractivity contribution in [2.75, 3.05) is 20.1 Å². The largest absolute Gasteiger partial charge is 0.389 e. The molecule has 3 nitrogen and oxygen atoms in total. The Bertz CT molecular complexity index is 390. The Morgan fingerprint density at radius 2 is 1.83 bits per heavy atom.